The molecule has 1 amide bonds. The standard InChI is InChI=1S/C13H21N3O2/c1-4-5-11(8-18-3)16-13(17)12-6-10(14)7-15-9(12)2/h6-7,11H,4-5,8,14H2,1-3H3,(H,16,17). The summed E-state index contributed by atoms with van der Waals surface area (Å²) in [5.74, 6) is -0.150. The summed E-state index contributed by atoms with van der Waals surface area (Å²) in [5, 5.41) is 2.94. The Morgan fingerprint density at radius 1 is 1.61 bits per heavy atom. The number of aromatic nitrogens is 1. The summed E-state index contributed by atoms with van der Waals surface area (Å²) in [6.07, 6.45) is 3.42. The van der Waals surface area contributed by atoms with Gasteiger partial charge >= 0.3 is 0 Å². The van der Waals surface area contributed by atoms with E-state index in [1.54, 1.807) is 26.3 Å². The number of nitrogens with two attached hydrogens (primary N) is 1. The molecule has 5 heteroatoms. The number of carbonyl (C=O) groups is 1. The highest BCUT2D eigenvalue weighted by Crippen LogP contribution is 2.10. The van der Waals surface area contributed by atoms with Crippen molar-refractivity contribution in [3.63, 3.8) is 0 Å². The lowest BCUT2D eigenvalue weighted by Gasteiger charge is -2.17. The highest BCUT2D eigenvalue weighted by molar-refractivity contribution is 5.96. The minimum Gasteiger partial charge on any atom is -0.397 e. The Labute approximate surface area is 108 Å². The number of rotatable bonds is 6. The number of nitrogen functional groups attached to an aromatic ring is 1. The van der Waals surface area contributed by atoms with Crippen LogP contribution in [0.15, 0.2) is 12.3 Å². The zero-order valence-corrected chi connectivity index (χ0v) is 11.2. The van der Waals surface area contributed by atoms with Crippen molar-refractivity contribution < 1.29 is 9.53 Å². The number of anilines is 1. The molecule has 0 spiro atoms. The third-order valence-electron chi connectivity index (χ3n) is 2.69. The molecule has 0 radical (unpaired) electrons. The van der Waals surface area contributed by atoms with Crippen LogP contribution in [0, 0.1) is 6.92 Å². The highest BCUT2D eigenvalue weighted by Gasteiger charge is 2.15. The van der Waals surface area contributed by atoms with E-state index in [0.29, 0.717) is 23.6 Å². The molecular formula is C13H21N3O2. The van der Waals surface area contributed by atoms with Gasteiger partial charge in [0, 0.05) is 7.11 Å². The smallest absolute Gasteiger partial charge is 0.253 e. The third-order valence-corrected chi connectivity index (χ3v) is 2.69. The molecular weight excluding hydrogens is 230 g/mol. The molecule has 1 rings (SSSR count). The molecule has 0 saturated carbocycles. The van der Waals surface area contributed by atoms with Gasteiger partial charge in [0.2, 0.25) is 0 Å². The maximum atomic E-state index is 12.1. The van der Waals surface area contributed by atoms with Crippen LogP contribution >= 0.6 is 0 Å². The third kappa shape index (κ3) is 4.00. The van der Waals surface area contributed by atoms with Gasteiger partial charge in [-0.05, 0) is 19.4 Å². The van der Waals surface area contributed by atoms with Gasteiger partial charge in [-0.25, -0.2) is 0 Å². The Balaban J connectivity index is 2.76. The van der Waals surface area contributed by atoms with Gasteiger partial charge in [-0.2, -0.15) is 0 Å². The number of amides is 1. The van der Waals surface area contributed by atoms with E-state index in [2.05, 4.69) is 17.2 Å². The van der Waals surface area contributed by atoms with Gasteiger partial charge in [-0.1, -0.05) is 13.3 Å². The number of carbonyl (C=O) groups excluding carboxylic acids is 1. The van der Waals surface area contributed by atoms with Crippen molar-refractivity contribution in [3.8, 4) is 0 Å². The van der Waals surface area contributed by atoms with Crippen LogP contribution in [-0.4, -0.2) is 30.6 Å². The van der Waals surface area contributed by atoms with Crippen molar-refractivity contribution in [2.75, 3.05) is 19.5 Å². The van der Waals surface area contributed by atoms with Crippen LogP contribution in [0.2, 0.25) is 0 Å². The highest BCUT2D eigenvalue weighted by atomic mass is 16.5. The fourth-order valence-corrected chi connectivity index (χ4v) is 1.79. The van der Waals surface area contributed by atoms with Gasteiger partial charge in [0.1, 0.15) is 0 Å². The average Bonchev–Trinajstić information content (AvgIpc) is 2.33. The molecule has 100 valence electrons. The topological polar surface area (TPSA) is 77.2 Å². The van der Waals surface area contributed by atoms with Crippen molar-refractivity contribution in [2.45, 2.75) is 32.7 Å². The van der Waals surface area contributed by atoms with Crippen LogP contribution in [0.5, 0.6) is 0 Å². The molecule has 0 aliphatic rings. The van der Waals surface area contributed by atoms with Crippen molar-refractivity contribution >= 4 is 11.6 Å². The number of ether oxygens (including phenoxy) is 1. The predicted octanol–water partition coefficient (Wildman–Crippen LogP) is 1.52. The van der Waals surface area contributed by atoms with E-state index in [4.69, 9.17) is 10.5 Å². The van der Waals surface area contributed by atoms with Gasteiger partial charge < -0.3 is 15.8 Å². The molecule has 0 saturated heterocycles. The zero-order valence-electron chi connectivity index (χ0n) is 11.2. The summed E-state index contributed by atoms with van der Waals surface area (Å²) >= 11 is 0. The van der Waals surface area contributed by atoms with Gasteiger partial charge in [-0.3, -0.25) is 9.78 Å². The van der Waals surface area contributed by atoms with Gasteiger partial charge in [-0.15, -0.1) is 0 Å². The predicted molar refractivity (Wildman–Crippen MR) is 71.4 cm³/mol. The average molecular weight is 251 g/mol. The number of nitrogens with zero attached hydrogens (tertiary/aromatic N) is 1. The minimum atomic E-state index is -0.150. The fraction of sp³-hybridized carbons (Fsp3) is 0.538. The number of hydrogen-bond acceptors (Lipinski definition) is 4. The Kier molecular flexibility index (Phi) is 5.58. The molecule has 0 aliphatic heterocycles. The Morgan fingerprint density at radius 3 is 2.94 bits per heavy atom. The molecule has 18 heavy (non-hydrogen) atoms. The second-order valence-electron chi connectivity index (χ2n) is 4.32. The first-order valence-electron chi connectivity index (χ1n) is 6.10. The lowest BCUT2D eigenvalue weighted by atomic mass is 10.1. The van der Waals surface area contributed by atoms with Gasteiger partial charge in [0.15, 0.2) is 0 Å². The first-order chi connectivity index (χ1) is 8.58. The molecule has 0 bridgehead atoms. The van der Waals surface area contributed by atoms with E-state index in [9.17, 15) is 4.79 Å². The van der Waals surface area contributed by atoms with Crippen molar-refractivity contribution in [1.29, 1.82) is 0 Å². The van der Waals surface area contributed by atoms with E-state index in [-0.39, 0.29) is 11.9 Å². The lowest BCUT2D eigenvalue weighted by molar-refractivity contribution is 0.0890. The Morgan fingerprint density at radius 2 is 2.33 bits per heavy atom. The summed E-state index contributed by atoms with van der Waals surface area (Å²) in [7, 11) is 1.63. The fourth-order valence-electron chi connectivity index (χ4n) is 1.79. The molecule has 1 atom stereocenters. The van der Waals surface area contributed by atoms with Crippen LogP contribution in [0.3, 0.4) is 0 Å². The van der Waals surface area contributed by atoms with E-state index in [1.165, 1.54) is 0 Å². The van der Waals surface area contributed by atoms with Crippen LogP contribution in [0.25, 0.3) is 0 Å². The summed E-state index contributed by atoms with van der Waals surface area (Å²) in [6.45, 7) is 4.37. The SMILES string of the molecule is CCCC(COC)NC(=O)c1cc(N)cnc1C. The summed E-state index contributed by atoms with van der Waals surface area (Å²) < 4.78 is 5.09. The molecule has 0 fully saturated rings. The zero-order chi connectivity index (χ0) is 13.5. The molecule has 0 aliphatic carbocycles. The molecule has 1 aromatic heterocycles. The molecule has 1 heterocycles. The normalized spacial score (nSPS) is 12.2. The number of pyridine rings is 1. The van der Waals surface area contributed by atoms with Crippen LogP contribution < -0.4 is 11.1 Å². The minimum absolute atomic E-state index is 0.0216. The molecule has 5 nitrogen and oxygen atoms in total. The van der Waals surface area contributed by atoms with Crippen molar-refractivity contribution in [1.82, 2.24) is 10.3 Å². The largest absolute Gasteiger partial charge is 0.397 e. The first kappa shape index (κ1) is 14.4. The van der Waals surface area contributed by atoms with Crippen LogP contribution in [0.1, 0.15) is 35.8 Å². The molecule has 0 aromatic carbocycles. The number of hydrogen-bond donors (Lipinski definition) is 2. The maximum Gasteiger partial charge on any atom is 0.253 e. The van der Waals surface area contributed by atoms with Gasteiger partial charge in [0.25, 0.3) is 5.91 Å². The Bertz CT molecular complexity index is 401. The van der Waals surface area contributed by atoms with Gasteiger partial charge in [0.05, 0.1) is 35.8 Å². The van der Waals surface area contributed by atoms with Crippen LogP contribution in [-0.2, 0) is 4.74 Å². The summed E-state index contributed by atoms with van der Waals surface area (Å²) in [5.41, 5.74) is 7.33. The summed E-state index contributed by atoms with van der Waals surface area (Å²) in [4.78, 5) is 16.2. The molecule has 1 unspecified atom stereocenters. The van der Waals surface area contributed by atoms with Crippen molar-refractivity contribution in [2.24, 2.45) is 0 Å². The second kappa shape index (κ2) is 6.96. The Hall–Kier alpha value is -1.62. The van der Waals surface area contributed by atoms with E-state index in [1.807, 2.05) is 0 Å². The monoisotopic (exact) mass is 251 g/mol. The van der Waals surface area contributed by atoms with E-state index in [0.717, 1.165) is 12.8 Å². The number of nitrogens with one attached hydrogen (secondary N) is 1. The lowest BCUT2D eigenvalue weighted by Crippen LogP contribution is -2.38. The molecule has 1 aromatic rings. The van der Waals surface area contributed by atoms with E-state index >= 15 is 0 Å². The maximum absolute atomic E-state index is 12.1. The van der Waals surface area contributed by atoms with E-state index < -0.39 is 0 Å². The molecule has 3 N–H and O–H groups in total. The van der Waals surface area contributed by atoms with Crippen LogP contribution in [0.4, 0.5) is 5.69 Å². The first-order valence-corrected chi connectivity index (χ1v) is 6.10. The quantitative estimate of drug-likeness (QED) is 0.803. The number of aryl methyl sites for hydroxylation is 1. The second-order valence-corrected chi connectivity index (χ2v) is 4.32. The summed E-state index contributed by atoms with van der Waals surface area (Å²) in [6, 6.07) is 1.67. The van der Waals surface area contributed by atoms with Crippen molar-refractivity contribution in [3.05, 3.63) is 23.5 Å². The number of methoxy groups -OCH3 is 1.